The highest BCUT2D eigenvalue weighted by molar-refractivity contribution is 7.78. The number of ether oxygens (including phenoxy) is 1. The summed E-state index contributed by atoms with van der Waals surface area (Å²) in [5, 5.41) is 0. The van der Waals surface area contributed by atoms with Crippen LogP contribution < -0.4 is 4.74 Å². The van der Waals surface area contributed by atoms with Crippen LogP contribution in [0.3, 0.4) is 0 Å². The van der Waals surface area contributed by atoms with Crippen LogP contribution in [0.5, 0.6) is 5.75 Å². The molecule has 0 amide bonds. The Morgan fingerprint density at radius 1 is 1.07 bits per heavy atom. The minimum atomic E-state index is -4.79. The molecule has 1 heterocycles. The average molecular weight is 425 g/mol. The molecule has 4 nitrogen and oxygen atoms in total. The number of hydrogen-bond acceptors (Lipinski definition) is 3. The van der Waals surface area contributed by atoms with Crippen molar-refractivity contribution in [3.8, 4) is 28.0 Å². The Labute approximate surface area is 166 Å². The predicted octanol–water partition coefficient (Wildman–Crippen LogP) is 5.48. The van der Waals surface area contributed by atoms with Gasteiger partial charge < -0.3 is 9.29 Å². The van der Waals surface area contributed by atoms with Gasteiger partial charge in [0, 0.05) is 23.5 Å². The van der Waals surface area contributed by atoms with Crippen LogP contribution in [0.2, 0.25) is 0 Å². The van der Waals surface area contributed by atoms with Gasteiger partial charge in [-0.25, -0.2) is 8.60 Å². The topological polar surface area (TPSA) is 59.4 Å². The molecule has 0 aliphatic rings. The van der Waals surface area contributed by atoms with E-state index in [0.29, 0.717) is 22.3 Å². The van der Waals surface area contributed by atoms with E-state index in [1.807, 2.05) is 0 Å². The molecule has 1 N–H and O–H groups in total. The Hall–Kier alpha value is -2.78. The third kappa shape index (κ3) is 5.18. The molecule has 0 fully saturated rings. The molecule has 152 valence electrons. The van der Waals surface area contributed by atoms with E-state index in [9.17, 15) is 21.8 Å². The molecule has 1 atom stereocenters. The molecule has 1 aromatic heterocycles. The maximum atomic E-state index is 14.3. The molecule has 0 aliphatic carbocycles. The van der Waals surface area contributed by atoms with Crippen molar-refractivity contribution in [1.82, 2.24) is 4.98 Å². The normalized spacial score (nSPS) is 12.6. The standard InChI is InChI=1S/C20H15F4NO3S/c1-12-8-13(4-5-19(12)28-20(22,23)24)16-6-7-25-10-17(16)14-2-3-15(11-29(26)27)18(21)9-14/h2-10H,11H2,1H3,(H,26,27). The number of halogens is 4. The van der Waals surface area contributed by atoms with Crippen LogP contribution in [0.25, 0.3) is 22.3 Å². The first-order chi connectivity index (χ1) is 13.6. The summed E-state index contributed by atoms with van der Waals surface area (Å²) in [5.74, 6) is -1.26. The van der Waals surface area contributed by atoms with Crippen LogP contribution in [0.15, 0.2) is 54.9 Å². The van der Waals surface area contributed by atoms with Crippen LogP contribution in [0, 0.1) is 12.7 Å². The molecule has 2 aromatic carbocycles. The smallest absolute Gasteiger partial charge is 0.406 e. The molecule has 0 saturated heterocycles. The molecule has 3 aromatic rings. The van der Waals surface area contributed by atoms with Crippen molar-refractivity contribution in [2.45, 2.75) is 19.0 Å². The maximum absolute atomic E-state index is 14.3. The van der Waals surface area contributed by atoms with E-state index in [1.54, 1.807) is 18.2 Å². The van der Waals surface area contributed by atoms with Crippen molar-refractivity contribution in [3.05, 3.63) is 71.8 Å². The number of alkyl halides is 3. The van der Waals surface area contributed by atoms with Gasteiger partial charge in [-0.1, -0.05) is 18.2 Å². The van der Waals surface area contributed by atoms with E-state index in [-0.39, 0.29) is 22.6 Å². The van der Waals surface area contributed by atoms with E-state index in [0.717, 1.165) is 0 Å². The summed E-state index contributed by atoms with van der Waals surface area (Å²) in [6.45, 7) is 1.49. The van der Waals surface area contributed by atoms with Gasteiger partial charge in [-0.15, -0.1) is 13.2 Å². The fraction of sp³-hybridized carbons (Fsp3) is 0.150. The van der Waals surface area contributed by atoms with E-state index in [2.05, 4.69) is 9.72 Å². The fourth-order valence-electron chi connectivity index (χ4n) is 2.90. The number of aryl methyl sites for hydroxylation is 1. The van der Waals surface area contributed by atoms with Crippen LogP contribution in [-0.2, 0) is 16.8 Å². The first-order valence-electron chi connectivity index (χ1n) is 8.31. The second-order valence-electron chi connectivity index (χ2n) is 6.22. The SMILES string of the molecule is Cc1cc(-c2ccncc2-c2ccc(CS(=O)O)c(F)c2)ccc1OC(F)(F)F. The van der Waals surface area contributed by atoms with E-state index in [1.165, 1.54) is 43.6 Å². The van der Waals surface area contributed by atoms with Gasteiger partial charge in [-0.3, -0.25) is 4.98 Å². The van der Waals surface area contributed by atoms with Crippen molar-refractivity contribution in [2.24, 2.45) is 0 Å². The molecule has 1 unspecified atom stereocenters. The number of rotatable bonds is 5. The lowest BCUT2D eigenvalue weighted by Gasteiger charge is -2.14. The Bertz CT molecular complexity index is 1070. The summed E-state index contributed by atoms with van der Waals surface area (Å²) >= 11 is -2.17. The zero-order valence-corrected chi connectivity index (χ0v) is 15.9. The van der Waals surface area contributed by atoms with Crippen LogP contribution in [0.1, 0.15) is 11.1 Å². The number of nitrogens with zero attached hydrogens (tertiary/aromatic N) is 1. The Kier molecular flexibility index (Phi) is 5.99. The highest BCUT2D eigenvalue weighted by Gasteiger charge is 2.31. The quantitative estimate of drug-likeness (QED) is 0.434. The molecule has 9 heteroatoms. The van der Waals surface area contributed by atoms with Gasteiger partial charge in [-0.2, -0.15) is 0 Å². The summed E-state index contributed by atoms with van der Waals surface area (Å²) in [7, 11) is 0. The van der Waals surface area contributed by atoms with Crippen molar-refractivity contribution in [1.29, 1.82) is 0 Å². The highest BCUT2D eigenvalue weighted by atomic mass is 32.2. The Morgan fingerprint density at radius 2 is 1.76 bits per heavy atom. The van der Waals surface area contributed by atoms with Gasteiger partial charge in [0.2, 0.25) is 0 Å². The van der Waals surface area contributed by atoms with E-state index < -0.39 is 23.3 Å². The lowest BCUT2D eigenvalue weighted by Crippen LogP contribution is -2.17. The second-order valence-corrected chi connectivity index (χ2v) is 7.15. The monoisotopic (exact) mass is 425 g/mol. The van der Waals surface area contributed by atoms with Crippen LogP contribution in [0.4, 0.5) is 17.6 Å². The summed E-state index contributed by atoms with van der Waals surface area (Å²) in [4.78, 5) is 4.05. The third-order valence-electron chi connectivity index (χ3n) is 4.18. The van der Waals surface area contributed by atoms with Gasteiger partial charge in [0.25, 0.3) is 0 Å². The molecular formula is C20H15F4NO3S. The average Bonchev–Trinajstić information content (AvgIpc) is 2.64. The van der Waals surface area contributed by atoms with Gasteiger partial charge in [0.15, 0.2) is 11.1 Å². The van der Waals surface area contributed by atoms with Crippen LogP contribution >= 0.6 is 0 Å². The third-order valence-corrected chi connectivity index (χ3v) is 4.73. The molecule has 0 spiro atoms. The first kappa shape index (κ1) is 20.9. The van der Waals surface area contributed by atoms with Gasteiger partial charge in [0.1, 0.15) is 11.6 Å². The van der Waals surface area contributed by atoms with Crippen molar-refractivity contribution in [3.63, 3.8) is 0 Å². The second kappa shape index (κ2) is 8.30. The number of aromatic nitrogens is 1. The Balaban J connectivity index is 2.01. The lowest BCUT2D eigenvalue weighted by atomic mass is 9.95. The zero-order valence-electron chi connectivity index (χ0n) is 15.0. The minimum absolute atomic E-state index is 0.101. The summed E-state index contributed by atoms with van der Waals surface area (Å²) in [5.41, 5.74) is 2.67. The fourth-order valence-corrected chi connectivity index (χ4v) is 3.40. The first-order valence-corrected chi connectivity index (χ1v) is 9.58. The predicted molar refractivity (Wildman–Crippen MR) is 101 cm³/mol. The molecule has 0 radical (unpaired) electrons. The summed E-state index contributed by atoms with van der Waals surface area (Å²) in [6.07, 6.45) is -1.75. The highest BCUT2D eigenvalue weighted by Crippen LogP contribution is 2.35. The van der Waals surface area contributed by atoms with Crippen LogP contribution in [-0.4, -0.2) is 20.1 Å². The maximum Gasteiger partial charge on any atom is 0.573 e. The van der Waals surface area contributed by atoms with Crippen molar-refractivity contribution >= 4 is 11.1 Å². The lowest BCUT2D eigenvalue weighted by molar-refractivity contribution is -0.274. The summed E-state index contributed by atoms with van der Waals surface area (Å²) < 4.78 is 75.6. The molecule has 29 heavy (non-hydrogen) atoms. The van der Waals surface area contributed by atoms with E-state index >= 15 is 0 Å². The van der Waals surface area contributed by atoms with Gasteiger partial charge in [0.05, 0.1) is 5.75 Å². The number of benzene rings is 2. The van der Waals surface area contributed by atoms with E-state index in [4.69, 9.17) is 4.55 Å². The summed E-state index contributed by atoms with van der Waals surface area (Å²) in [6, 6.07) is 10.2. The van der Waals surface area contributed by atoms with Gasteiger partial charge in [-0.05, 0) is 53.4 Å². The number of pyridine rings is 1. The molecular weight excluding hydrogens is 410 g/mol. The van der Waals surface area contributed by atoms with Crippen molar-refractivity contribution in [2.75, 3.05) is 0 Å². The zero-order chi connectivity index (χ0) is 21.2. The number of hydrogen-bond donors (Lipinski definition) is 1. The van der Waals surface area contributed by atoms with Gasteiger partial charge >= 0.3 is 6.36 Å². The minimum Gasteiger partial charge on any atom is -0.406 e. The molecule has 0 aliphatic heterocycles. The molecule has 0 saturated carbocycles. The molecule has 3 rings (SSSR count). The largest absolute Gasteiger partial charge is 0.573 e. The molecule has 0 bridgehead atoms. The Morgan fingerprint density at radius 3 is 2.38 bits per heavy atom. The van der Waals surface area contributed by atoms with Crippen molar-refractivity contribution < 1.29 is 31.1 Å².